The molecule has 1 aliphatic carbocycles. The lowest BCUT2D eigenvalue weighted by Gasteiger charge is -2.07. The average Bonchev–Trinajstić information content (AvgIpc) is 3.32. The number of halogens is 1. The van der Waals surface area contributed by atoms with Gasteiger partial charge in [0.25, 0.3) is 5.91 Å². The molecule has 1 aliphatic rings. The topological polar surface area (TPSA) is 58.2 Å². The minimum absolute atomic E-state index is 0.0213. The van der Waals surface area contributed by atoms with Gasteiger partial charge in [-0.15, -0.1) is 0 Å². The summed E-state index contributed by atoms with van der Waals surface area (Å²) in [6.07, 6.45) is 0.902. The third-order valence-corrected chi connectivity index (χ3v) is 4.09. The molecule has 23 heavy (non-hydrogen) atoms. The largest absolute Gasteiger partial charge is 0.351 e. The van der Waals surface area contributed by atoms with Gasteiger partial charge >= 0.3 is 0 Å². The summed E-state index contributed by atoms with van der Waals surface area (Å²) >= 11 is 5.98. The predicted molar refractivity (Wildman–Crippen MR) is 89.5 cm³/mol. The van der Waals surface area contributed by atoms with Crippen LogP contribution in [-0.2, 0) is 4.79 Å². The van der Waals surface area contributed by atoms with Gasteiger partial charge in [0.2, 0.25) is 5.91 Å². The number of carbonyl (C=O) groups excluding carboxylic acids is 2. The number of nitrogens with one attached hydrogen (secondary N) is 2. The van der Waals surface area contributed by atoms with E-state index in [1.54, 1.807) is 24.3 Å². The van der Waals surface area contributed by atoms with Crippen molar-refractivity contribution in [3.63, 3.8) is 0 Å². The van der Waals surface area contributed by atoms with E-state index in [0.717, 1.165) is 12.0 Å². The number of amides is 2. The minimum Gasteiger partial charge on any atom is -0.351 e. The van der Waals surface area contributed by atoms with Crippen molar-refractivity contribution in [2.45, 2.75) is 18.4 Å². The molecule has 2 N–H and O–H groups in total. The Hall–Kier alpha value is -2.33. The highest BCUT2D eigenvalue weighted by molar-refractivity contribution is 6.30. The molecular formula is C18H17ClN2O2. The van der Waals surface area contributed by atoms with Crippen molar-refractivity contribution in [2.75, 3.05) is 6.54 Å². The Morgan fingerprint density at radius 1 is 1.09 bits per heavy atom. The molecule has 0 saturated heterocycles. The van der Waals surface area contributed by atoms with Crippen LogP contribution in [0.25, 0.3) is 0 Å². The first-order valence-corrected chi connectivity index (χ1v) is 7.89. The van der Waals surface area contributed by atoms with E-state index in [0.29, 0.717) is 16.5 Å². The van der Waals surface area contributed by atoms with Gasteiger partial charge < -0.3 is 10.6 Å². The maximum atomic E-state index is 11.9. The van der Waals surface area contributed by atoms with Crippen molar-refractivity contribution in [1.82, 2.24) is 10.6 Å². The summed E-state index contributed by atoms with van der Waals surface area (Å²) in [6.45, 7) is -0.0213. The third kappa shape index (κ3) is 4.11. The molecular weight excluding hydrogens is 312 g/mol. The lowest BCUT2D eigenvalue weighted by Crippen LogP contribution is -2.38. The van der Waals surface area contributed by atoms with Crippen LogP contribution >= 0.6 is 11.6 Å². The molecule has 0 aliphatic heterocycles. The lowest BCUT2D eigenvalue weighted by molar-refractivity contribution is -0.120. The van der Waals surface area contributed by atoms with Crippen molar-refractivity contribution in [2.24, 2.45) is 0 Å². The summed E-state index contributed by atoms with van der Waals surface area (Å²) in [5.74, 6) is -0.116. The molecule has 0 aromatic heterocycles. The van der Waals surface area contributed by atoms with Crippen LogP contribution in [0, 0.1) is 0 Å². The quantitative estimate of drug-likeness (QED) is 0.886. The highest BCUT2D eigenvalue weighted by Gasteiger charge is 2.39. The van der Waals surface area contributed by atoms with Gasteiger partial charge in [-0.25, -0.2) is 0 Å². The van der Waals surface area contributed by atoms with Crippen molar-refractivity contribution in [3.8, 4) is 0 Å². The van der Waals surface area contributed by atoms with Crippen molar-refractivity contribution in [3.05, 3.63) is 70.7 Å². The van der Waals surface area contributed by atoms with Gasteiger partial charge in [-0.1, -0.05) is 41.9 Å². The predicted octanol–water partition coefficient (Wildman–Crippen LogP) is 2.74. The number of hydrogen-bond acceptors (Lipinski definition) is 2. The first kappa shape index (κ1) is 15.6. The van der Waals surface area contributed by atoms with Crippen LogP contribution in [0.4, 0.5) is 0 Å². The Kier molecular flexibility index (Phi) is 4.63. The summed E-state index contributed by atoms with van der Waals surface area (Å²) in [5, 5.41) is 6.26. The molecule has 0 heterocycles. The van der Waals surface area contributed by atoms with Gasteiger partial charge in [-0.05, 0) is 36.2 Å². The van der Waals surface area contributed by atoms with E-state index in [2.05, 4.69) is 10.6 Å². The smallest absolute Gasteiger partial charge is 0.251 e. The second-order valence-electron chi connectivity index (χ2n) is 5.62. The number of carbonyl (C=O) groups is 2. The SMILES string of the molecule is O=C(CNC(=O)c1ccccc1)N[C@H]1C[C@H]1c1cccc(Cl)c1. The Labute approximate surface area is 139 Å². The van der Waals surface area contributed by atoms with Crippen molar-refractivity contribution in [1.29, 1.82) is 0 Å². The zero-order valence-electron chi connectivity index (χ0n) is 12.5. The van der Waals surface area contributed by atoms with Gasteiger partial charge in [-0.3, -0.25) is 9.59 Å². The molecule has 0 spiro atoms. The van der Waals surface area contributed by atoms with Crippen LogP contribution in [0.1, 0.15) is 28.3 Å². The van der Waals surface area contributed by atoms with E-state index in [1.165, 1.54) is 0 Å². The molecule has 2 aromatic rings. The zero-order valence-corrected chi connectivity index (χ0v) is 13.2. The molecule has 2 aromatic carbocycles. The van der Waals surface area contributed by atoms with Crippen LogP contribution in [0.5, 0.6) is 0 Å². The molecule has 1 saturated carbocycles. The first-order valence-electron chi connectivity index (χ1n) is 7.51. The monoisotopic (exact) mass is 328 g/mol. The molecule has 1 fully saturated rings. The molecule has 4 nitrogen and oxygen atoms in total. The standard InChI is InChI=1S/C18H17ClN2O2/c19-14-8-4-7-13(9-14)15-10-16(15)21-17(22)11-20-18(23)12-5-2-1-3-6-12/h1-9,15-16H,10-11H2,(H,20,23)(H,21,22)/t15-,16-/m0/s1. The van der Waals surface area contributed by atoms with Gasteiger partial charge in [0.05, 0.1) is 6.54 Å². The molecule has 2 atom stereocenters. The number of benzene rings is 2. The van der Waals surface area contributed by atoms with E-state index < -0.39 is 0 Å². The number of hydrogen-bond donors (Lipinski definition) is 2. The second-order valence-corrected chi connectivity index (χ2v) is 6.06. The Balaban J connectivity index is 1.45. The summed E-state index contributed by atoms with van der Waals surface area (Å²) in [5.41, 5.74) is 1.68. The van der Waals surface area contributed by atoms with Crippen LogP contribution in [0.2, 0.25) is 5.02 Å². The van der Waals surface area contributed by atoms with Crippen LogP contribution in [-0.4, -0.2) is 24.4 Å². The summed E-state index contributed by atoms with van der Waals surface area (Å²) in [6, 6.07) is 16.6. The van der Waals surface area contributed by atoms with Crippen LogP contribution in [0.15, 0.2) is 54.6 Å². The normalized spacial score (nSPS) is 19.0. The summed E-state index contributed by atoms with van der Waals surface area (Å²) in [7, 11) is 0. The fourth-order valence-electron chi connectivity index (χ4n) is 2.57. The van der Waals surface area contributed by atoms with Gasteiger partial charge in [-0.2, -0.15) is 0 Å². The fourth-order valence-corrected chi connectivity index (χ4v) is 2.77. The van der Waals surface area contributed by atoms with E-state index in [9.17, 15) is 9.59 Å². The summed E-state index contributed by atoms with van der Waals surface area (Å²) < 4.78 is 0. The average molecular weight is 329 g/mol. The van der Waals surface area contributed by atoms with E-state index >= 15 is 0 Å². The van der Waals surface area contributed by atoms with Gasteiger partial charge in [0.1, 0.15) is 0 Å². The van der Waals surface area contributed by atoms with E-state index in [1.807, 2.05) is 30.3 Å². The Bertz CT molecular complexity index is 718. The van der Waals surface area contributed by atoms with Crippen molar-refractivity contribution >= 4 is 23.4 Å². The lowest BCUT2D eigenvalue weighted by atomic mass is 10.1. The minimum atomic E-state index is -0.247. The van der Waals surface area contributed by atoms with Crippen LogP contribution < -0.4 is 10.6 Å². The third-order valence-electron chi connectivity index (χ3n) is 3.86. The Morgan fingerprint density at radius 3 is 2.61 bits per heavy atom. The molecule has 118 valence electrons. The van der Waals surface area contributed by atoms with Gasteiger partial charge in [0.15, 0.2) is 0 Å². The molecule has 3 rings (SSSR count). The molecule has 5 heteroatoms. The fraction of sp³-hybridized carbons (Fsp3) is 0.222. The summed E-state index contributed by atoms with van der Waals surface area (Å²) in [4.78, 5) is 23.8. The maximum Gasteiger partial charge on any atom is 0.251 e. The highest BCUT2D eigenvalue weighted by atomic mass is 35.5. The van der Waals surface area contributed by atoms with Crippen LogP contribution in [0.3, 0.4) is 0 Å². The maximum absolute atomic E-state index is 11.9. The number of rotatable bonds is 5. The van der Waals surface area contributed by atoms with Gasteiger partial charge in [0, 0.05) is 22.5 Å². The molecule has 0 unspecified atom stereocenters. The molecule has 0 radical (unpaired) electrons. The molecule has 2 amide bonds. The van der Waals surface area contributed by atoms with E-state index in [4.69, 9.17) is 11.6 Å². The van der Waals surface area contributed by atoms with E-state index in [-0.39, 0.29) is 24.4 Å². The first-order chi connectivity index (χ1) is 11.1. The second kappa shape index (κ2) is 6.84. The zero-order chi connectivity index (χ0) is 16.2. The Morgan fingerprint density at radius 2 is 1.87 bits per heavy atom. The van der Waals surface area contributed by atoms with Crippen molar-refractivity contribution < 1.29 is 9.59 Å². The highest BCUT2D eigenvalue weighted by Crippen LogP contribution is 2.41. The molecule has 0 bridgehead atoms.